The van der Waals surface area contributed by atoms with Gasteiger partial charge in [0.2, 0.25) is 9.05 Å². The Morgan fingerprint density at radius 2 is 2.20 bits per heavy atom. The summed E-state index contributed by atoms with van der Waals surface area (Å²) < 4.78 is 26.3. The maximum Gasteiger partial charge on any atom is 0.232 e. The molecule has 7 heteroatoms. The zero-order valence-electron chi connectivity index (χ0n) is 7.55. The van der Waals surface area contributed by atoms with Crippen LogP contribution in [0.4, 0.5) is 0 Å². The van der Waals surface area contributed by atoms with Crippen molar-refractivity contribution in [1.29, 1.82) is 0 Å². The summed E-state index contributed by atoms with van der Waals surface area (Å²) in [5.74, 6) is -0.0579. The lowest BCUT2D eigenvalue weighted by atomic mass is 10.2. The quantitative estimate of drug-likeness (QED) is 0.792. The average Bonchev–Trinajstić information content (AvgIpc) is 2.60. The summed E-state index contributed by atoms with van der Waals surface area (Å²) in [6.07, 6.45) is 0.402. The van der Waals surface area contributed by atoms with E-state index in [-0.39, 0.29) is 5.75 Å². The molecule has 2 rings (SSSR count). The minimum Gasteiger partial charge on any atom is -0.212 e. The molecule has 1 heterocycles. The number of hydrogen-bond acceptors (Lipinski definition) is 5. The van der Waals surface area contributed by atoms with Crippen molar-refractivity contribution in [2.75, 3.05) is 5.75 Å². The molecular weight excluding hydrogens is 256 g/mol. The molecule has 0 spiro atoms. The van der Waals surface area contributed by atoms with Crippen molar-refractivity contribution in [1.82, 2.24) is 9.59 Å². The molecule has 0 aliphatic rings. The fourth-order valence-corrected chi connectivity index (χ4v) is 2.47. The zero-order chi connectivity index (χ0) is 10.9. The van der Waals surface area contributed by atoms with E-state index in [0.717, 1.165) is 15.8 Å². The molecule has 2 aromatic rings. The van der Waals surface area contributed by atoms with Gasteiger partial charge in [-0.2, -0.15) is 0 Å². The molecule has 4 nitrogen and oxygen atoms in total. The van der Waals surface area contributed by atoms with Crippen LogP contribution in [0.1, 0.15) is 5.56 Å². The van der Waals surface area contributed by atoms with Crippen molar-refractivity contribution < 1.29 is 8.42 Å². The van der Waals surface area contributed by atoms with Gasteiger partial charge in [0.25, 0.3) is 0 Å². The first-order chi connectivity index (χ1) is 7.04. The number of aryl methyl sites for hydroxylation is 1. The molecule has 0 unspecified atom stereocenters. The van der Waals surface area contributed by atoms with Crippen molar-refractivity contribution in [2.24, 2.45) is 0 Å². The summed E-state index contributed by atoms with van der Waals surface area (Å²) in [6, 6.07) is 5.58. The Balaban J connectivity index is 2.21. The van der Waals surface area contributed by atoms with Crippen LogP contribution >= 0.6 is 22.2 Å². The van der Waals surface area contributed by atoms with Gasteiger partial charge in [0.15, 0.2) is 0 Å². The van der Waals surface area contributed by atoms with Gasteiger partial charge >= 0.3 is 0 Å². The van der Waals surface area contributed by atoms with E-state index in [0.29, 0.717) is 6.42 Å². The lowest BCUT2D eigenvalue weighted by Gasteiger charge is -1.98. The highest BCUT2D eigenvalue weighted by atomic mass is 35.7. The number of aromatic nitrogens is 2. The summed E-state index contributed by atoms with van der Waals surface area (Å²) in [5.41, 5.74) is 1.70. The van der Waals surface area contributed by atoms with E-state index >= 15 is 0 Å². The van der Waals surface area contributed by atoms with E-state index in [1.54, 1.807) is 0 Å². The lowest BCUT2D eigenvalue weighted by Crippen LogP contribution is -2.00. The second-order valence-electron chi connectivity index (χ2n) is 3.07. The Morgan fingerprint density at radius 1 is 1.40 bits per heavy atom. The first-order valence-corrected chi connectivity index (χ1v) is 7.43. The van der Waals surface area contributed by atoms with E-state index in [9.17, 15) is 8.42 Å². The largest absolute Gasteiger partial charge is 0.232 e. The monoisotopic (exact) mass is 262 g/mol. The molecule has 0 saturated carbocycles. The molecule has 0 aliphatic carbocycles. The van der Waals surface area contributed by atoms with Crippen LogP contribution in [0.25, 0.3) is 10.2 Å². The first kappa shape index (κ1) is 10.8. The number of benzene rings is 1. The van der Waals surface area contributed by atoms with Gasteiger partial charge < -0.3 is 0 Å². The molecule has 0 amide bonds. The van der Waals surface area contributed by atoms with Crippen molar-refractivity contribution in [3.8, 4) is 0 Å². The highest BCUT2D eigenvalue weighted by molar-refractivity contribution is 8.13. The Morgan fingerprint density at radius 3 is 2.93 bits per heavy atom. The Bertz CT molecular complexity index is 579. The van der Waals surface area contributed by atoms with Crippen LogP contribution < -0.4 is 0 Å². The fraction of sp³-hybridized carbons (Fsp3) is 0.250. The number of hydrogen-bond donors (Lipinski definition) is 0. The van der Waals surface area contributed by atoms with Gasteiger partial charge in [-0.1, -0.05) is 10.6 Å². The van der Waals surface area contributed by atoms with E-state index < -0.39 is 9.05 Å². The molecule has 1 aromatic carbocycles. The Labute approximate surface area is 95.5 Å². The molecule has 80 valence electrons. The van der Waals surface area contributed by atoms with E-state index in [4.69, 9.17) is 10.7 Å². The summed E-state index contributed by atoms with van der Waals surface area (Å²) in [7, 11) is 1.70. The highest BCUT2D eigenvalue weighted by Crippen LogP contribution is 2.17. The van der Waals surface area contributed by atoms with Crippen molar-refractivity contribution in [2.45, 2.75) is 6.42 Å². The van der Waals surface area contributed by atoms with Crippen molar-refractivity contribution >= 4 is 41.5 Å². The fourth-order valence-electron chi connectivity index (χ4n) is 1.22. The molecule has 0 saturated heterocycles. The van der Waals surface area contributed by atoms with Crippen molar-refractivity contribution in [3.05, 3.63) is 23.8 Å². The van der Waals surface area contributed by atoms with Gasteiger partial charge in [0.05, 0.1) is 10.5 Å². The molecular formula is C8H7ClN2O2S2. The van der Waals surface area contributed by atoms with Crippen LogP contribution in [-0.2, 0) is 15.5 Å². The van der Waals surface area contributed by atoms with Crippen LogP contribution in [-0.4, -0.2) is 23.8 Å². The zero-order valence-corrected chi connectivity index (χ0v) is 9.94. The molecule has 0 N–H and O–H groups in total. The normalized spacial score (nSPS) is 12.1. The van der Waals surface area contributed by atoms with Crippen LogP contribution in [0.15, 0.2) is 18.2 Å². The average molecular weight is 263 g/mol. The van der Waals surface area contributed by atoms with Crippen LogP contribution in [0.5, 0.6) is 0 Å². The molecule has 0 radical (unpaired) electrons. The Hall–Kier alpha value is -0.720. The minimum absolute atomic E-state index is 0.0579. The summed E-state index contributed by atoms with van der Waals surface area (Å²) in [6.45, 7) is 0. The van der Waals surface area contributed by atoms with E-state index in [2.05, 4.69) is 9.59 Å². The van der Waals surface area contributed by atoms with Gasteiger partial charge in [-0.15, -0.1) is 5.10 Å². The minimum atomic E-state index is -3.42. The number of halogens is 1. The molecule has 0 aliphatic heterocycles. The Kier molecular flexibility index (Phi) is 2.90. The second kappa shape index (κ2) is 4.03. The first-order valence-electron chi connectivity index (χ1n) is 4.18. The third kappa shape index (κ3) is 2.87. The van der Waals surface area contributed by atoms with Gasteiger partial charge in [0, 0.05) is 10.7 Å². The standard InChI is InChI=1S/C8H7ClN2O2S2/c9-15(12,13)4-3-6-1-2-8-7(5-6)10-11-14-8/h1-2,5H,3-4H2. The summed E-state index contributed by atoms with van der Waals surface area (Å²) in [5, 5.41) is 3.91. The topological polar surface area (TPSA) is 59.9 Å². The van der Waals surface area contributed by atoms with E-state index in [1.165, 1.54) is 11.5 Å². The molecule has 1 aromatic heterocycles. The van der Waals surface area contributed by atoms with E-state index in [1.807, 2.05) is 18.2 Å². The van der Waals surface area contributed by atoms with Gasteiger partial charge in [0.1, 0.15) is 5.52 Å². The number of nitrogens with zero attached hydrogens (tertiary/aromatic N) is 2. The van der Waals surface area contributed by atoms with Crippen LogP contribution in [0.3, 0.4) is 0 Å². The lowest BCUT2D eigenvalue weighted by molar-refractivity contribution is 0.609. The summed E-state index contributed by atoms with van der Waals surface area (Å²) >= 11 is 1.31. The number of fused-ring (bicyclic) bond motifs is 1. The maximum atomic E-state index is 10.8. The molecule has 0 bridgehead atoms. The third-order valence-corrected chi connectivity index (χ3v) is 3.81. The maximum absolute atomic E-state index is 10.8. The smallest absolute Gasteiger partial charge is 0.212 e. The van der Waals surface area contributed by atoms with Crippen molar-refractivity contribution in [3.63, 3.8) is 0 Å². The van der Waals surface area contributed by atoms with Gasteiger partial charge in [-0.25, -0.2) is 8.42 Å². The highest BCUT2D eigenvalue weighted by Gasteiger charge is 2.06. The molecule has 0 atom stereocenters. The SMILES string of the molecule is O=S(=O)(Cl)CCc1ccc2snnc2c1. The van der Waals surface area contributed by atoms with Crippen LogP contribution in [0.2, 0.25) is 0 Å². The molecule has 15 heavy (non-hydrogen) atoms. The predicted molar refractivity (Wildman–Crippen MR) is 60.8 cm³/mol. The van der Waals surface area contributed by atoms with Gasteiger partial charge in [-0.05, 0) is 35.6 Å². The third-order valence-electron chi connectivity index (χ3n) is 1.95. The van der Waals surface area contributed by atoms with Gasteiger partial charge in [-0.3, -0.25) is 0 Å². The second-order valence-corrected chi connectivity index (χ2v) is 6.75. The van der Waals surface area contributed by atoms with Crippen LogP contribution in [0, 0.1) is 0 Å². The number of rotatable bonds is 3. The molecule has 0 fully saturated rings. The predicted octanol–water partition coefficient (Wildman–Crippen LogP) is 1.80. The summed E-state index contributed by atoms with van der Waals surface area (Å²) in [4.78, 5) is 0.